The first-order valence-corrected chi connectivity index (χ1v) is 12.3. The molecule has 6 nitrogen and oxygen atoms in total. The molecule has 0 spiro atoms. The van der Waals surface area contributed by atoms with Crippen molar-refractivity contribution in [1.82, 2.24) is 0 Å². The number of halogens is 1. The molecule has 1 aliphatic heterocycles. The summed E-state index contributed by atoms with van der Waals surface area (Å²) in [5.41, 5.74) is 2.69. The van der Waals surface area contributed by atoms with Gasteiger partial charge in [-0.15, -0.1) is 0 Å². The van der Waals surface area contributed by atoms with Gasteiger partial charge in [-0.05, 0) is 61.4 Å². The van der Waals surface area contributed by atoms with E-state index in [1.165, 1.54) is 7.11 Å². The zero-order valence-electron chi connectivity index (χ0n) is 20.3. The first kappa shape index (κ1) is 23.9. The van der Waals surface area contributed by atoms with Gasteiger partial charge in [0, 0.05) is 5.69 Å². The number of carbonyl (C=O) groups excluding carboxylic acids is 1. The molecule has 0 saturated carbocycles. The van der Waals surface area contributed by atoms with Crippen LogP contribution in [0.3, 0.4) is 0 Å². The fourth-order valence-corrected chi connectivity index (χ4v) is 4.81. The third-order valence-electron chi connectivity index (χ3n) is 6.40. The standard InChI is InChI=1S/C29H26ClNO5/c1-4-5-14-35-20-10-7-18(8-11-20)26-25-27(32)21-15-17(2)6-12-23(21)36-28(25)29(33)31(26)19-9-13-24(34-3)22(30)16-19/h6-13,15-16,26H,4-5,14H2,1-3H3. The Morgan fingerprint density at radius 2 is 1.81 bits per heavy atom. The third kappa shape index (κ3) is 4.11. The minimum absolute atomic E-state index is 0.0385. The lowest BCUT2D eigenvalue weighted by atomic mass is 9.97. The Hall–Kier alpha value is -3.77. The number of unbranched alkanes of at least 4 members (excludes halogenated alkanes) is 1. The molecule has 1 aliphatic rings. The topological polar surface area (TPSA) is 69.0 Å². The highest BCUT2D eigenvalue weighted by Crippen LogP contribution is 2.43. The number of fused-ring (bicyclic) bond motifs is 2. The van der Waals surface area contributed by atoms with E-state index in [9.17, 15) is 9.59 Å². The summed E-state index contributed by atoms with van der Waals surface area (Å²) < 4.78 is 17.1. The average Bonchev–Trinajstić information content (AvgIpc) is 3.17. The first-order chi connectivity index (χ1) is 17.4. The van der Waals surface area contributed by atoms with Crippen molar-refractivity contribution in [3.05, 3.63) is 98.4 Å². The van der Waals surface area contributed by atoms with Crippen molar-refractivity contribution >= 4 is 34.2 Å². The van der Waals surface area contributed by atoms with Crippen LogP contribution in [0, 0.1) is 6.92 Å². The van der Waals surface area contributed by atoms with Gasteiger partial charge in [-0.1, -0.05) is 48.7 Å². The van der Waals surface area contributed by atoms with E-state index in [-0.39, 0.29) is 11.2 Å². The smallest absolute Gasteiger partial charge is 0.295 e. The predicted octanol–water partition coefficient (Wildman–Crippen LogP) is 6.69. The van der Waals surface area contributed by atoms with Crippen LogP contribution < -0.4 is 19.8 Å². The van der Waals surface area contributed by atoms with Gasteiger partial charge in [-0.3, -0.25) is 14.5 Å². The number of hydrogen-bond acceptors (Lipinski definition) is 5. The molecular formula is C29H26ClNO5. The monoisotopic (exact) mass is 503 g/mol. The van der Waals surface area contributed by atoms with Crippen LogP contribution in [0.4, 0.5) is 5.69 Å². The van der Waals surface area contributed by atoms with Crippen LogP contribution in [-0.2, 0) is 0 Å². The molecular weight excluding hydrogens is 478 g/mol. The van der Waals surface area contributed by atoms with Gasteiger partial charge in [0.25, 0.3) is 5.91 Å². The van der Waals surface area contributed by atoms with Gasteiger partial charge in [0.05, 0.1) is 35.7 Å². The van der Waals surface area contributed by atoms with Crippen LogP contribution >= 0.6 is 11.6 Å². The van der Waals surface area contributed by atoms with Crippen LogP contribution in [0.5, 0.6) is 11.5 Å². The van der Waals surface area contributed by atoms with Gasteiger partial charge in [0.2, 0.25) is 5.76 Å². The molecule has 0 fully saturated rings. The number of carbonyl (C=O) groups is 1. The lowest BCUT2D eigenvalue weighted by Gasteiger charge is -2.26. The van der Waals surface area contributed by atoms with E-state index >= 15 is 0 Å². The predicted molar refractivity (Wildman–Crippen MR) is 141 cm³/mol. The van der Waals surface area contributed by atoms with Crippen molar-refractivity contribution in [2.45, 2.75) is 32.7 Å². The SMILES string of the molecule is CCCCOc1ccc(C2c3c(oc4ccc(C)cc4c3=O)C(=O)N2c2ccc(OC)c(Cl)c2)cc1. The van der Waals surface area contributed by atoms with E-state index in [0.717, 1.165) is 29.7 Å². The number of benzene rings is 3. The van der Waals surface area contributed by atoms with E-state index in [2.05, 4.69) is 6.92 Å². The lowest BCUT2D eigenvalue weighted by molar-refractivity contribution is 0.0971. The van der Waals surface area contributed by atoms with E-state index < -0.39 is 11.9 Å². The summed E-state index contributed by atoms with van der Waals surface area (Å²) in [5.74, 6) is 0.859. The van der Waals surface area contributed by atoms with E-state index in [1.54, 1.807) is 35.2 Å². The molecule has 0 saturated heterocycles. The van der Waals surface area contributed by atoms with Gasteiger partial charge >= 0.3 is 0 Å². The number of aryl methyl sites for hydroxylation is 1. The molecule has 1 amide bonds. The molecule has 0 bridgehead atoms. The van der Waals surface area contributed by atoms with Gasteiger partial charge in [-0.25, -0.2) is 0 Å². The van der Waals surface area contributed by atoms with Crippen LogP contribution in [-0.4, -0.2) is 19.6 Å². The maximum atomic E-state index is 13.8. The Labute approximate surface area is 214 Å². The molecule has 36 heavy (non-hydrogen) atoms. The van der Waals surface area contributed by atoms with Crippen molar-refractivity contribution in [2.75, 3.05) is 18.6 Å². The largest absolute Gasteiger partial charge is 0.495 e. The average molecular weight is 504 g/mol. The normalized spacial score (nSPS) is 14.8. The Bertz CT molecular complexity index is 1510. The zero-order valence-corrected chi connectivity index (χ0v) is 21.1. The Balaban J connectivity index is 1.68. The fraction of sp³-hybridized carbons (Fsp3) is 0.241. The molecule has 184 valence electrons. The van der Waals surface area contributed by atoms with Gasteiger partial charge in [-0.2, -0.15) is 0 Å². The molecule has 0 N–H and O–H groups in total. The molecule has 1 unspecified atom stereocenters. The van der Waals surface area contributed by atoms with Gasteiger partial charge < -0.3 is 13.9 Å². The number of nitrogens with zero attached hydrogens (tertiary/aromatic N) is 1. The molecule has 3 aromatic carbocycles. The van der Waals surface area contributed by atoms with E-state index in [0.29, 0.717) is 39.6 Å². The number of ether oxygens (including phenoxy) is 2. The summed E-state index contributed by atoms with van der Waals surface area (Å²) in [4.78, 5) is 29.1. The molecule has 7 heteroatoms. The molecule has 4 aromatic rings. The zero-order chi connectivity index (χ0) is 25.4. The minimum Gasteiger partial charge on any atom is -0.495 e. The summed E-state index contributed by atoms with van der Waals surface area (Å²) in [6.45, 7) is 4.65. The van der Waals surface area contributed by atoms with Crippen LogP contribution in [0.1, 0.15) is 53.1 Å². The highest BCUT2D eigenvalue weighted by molar-refractivity contribution is 6.32. The maximum absolute atomic E-state index is 13.8. The van der Waals surface area contributed by atoms with Crippen molar-refractivity contribution in [3.8, 4) is 11.5 Å². The fourth-order valence-electron chi connectivity index (χ4n) is 4.55. The molecule has 0 radical (unpaired) electrons. The molecule has 1 atom stereocenters. The second-order valence-electron chi connectivity index (χ2n) is 8.84. The van der Waals surface area contributed by atoms with Crippen molar-refractivity contribution in [3.63, 3.8) is 0 Å². The van der Waals surface area contributed by atoms with Gasteiger partial charge in [0.1, 0.15) is 17.1 Å². The molecule has 1 aromatic heterocycles. The summed E-state index contributed by atoms with van der Waals surface area (Å²) >= 11 is 6.41. The summed E-state index contributed by atoms with van der Waals surface area (Å²) in [6, 6.07) is 17.3. The van der Waals surface area contributed by atoms with E-state index in [4.69, 9.17) is 25.5 Å². The third-order valence-corrected chi connectivity index (χ3v) is 6.70. The second-order valence-corrected chi connectivity index (χ2v) is 9.25. The Morgan fingerprint density at radius 1 is 1.03 bits per heavy atom. The van der Waals surface area contributed by atoms with Crippen molar-refractivity contribution < 1.29 is 18.7 Å². The summed E-state index contributed by atoms with van der Waals surface area (Å²) in [5, 5.41) is 0.804. The summed E-state index contributed by atoms with van der Waals surface area (Å²) in [7, 11) is 1.53. The number of methoxy groups -OCH3 is 1. The molecule has 2 heterocycles. The summed E-state index contributed by atoms with van der Waals surface area (Å²) in [6.07, 6.45) is 2.01. The minimum atomic E-state index is -0.692. The molecule has 0 aliphatic carbocycles. The molecule has 5 rings (SSSR count). The van der Waals surface area contributed by atoms with Crippen LogP contribution in [0.2, 0.25) is 5.02 Å². The van der Waals surface area contributed by atoms with E-state index in [1.807, 2.05) is 37.3 Å². The van der Waals surface area contributed by atoms with Crippen LogP contribution in [0.15, 0.2) is 69.9 Å². The quantitative estimate of drug-likeness (QED) is 0.263. The Morgan fingerprint density at radius 3 is 2.50 bits per heavy atom. The number of hydrogen-bond donors (Lipinski definition) is 0. The first-order valence-electron chi connectivity index (χ1n) is 11.9. The highest BCUT2D eigenvalue weighted by atomic mass is 35.5. The highest BCUT2D eigenvalue weighted by Gasteiger charge is 2.43. The Kier molecular flexibility index (Phi) is 6.46. The number of anilines is 1. The van der Waals surface area contributed by atoms with Crippen molar-refractivity contribution in [1.29, 1.82) is 0 Å². The lowest BCUT2D eigenvalue weighted by Crippen LogP contribution is -2.29. The van der Waals surface area contributed by atoms with Crippen molar-refractivity contribution in [2.24, 2.45) is 0 Å². The number of amides is 1. The second kappa shape index (κ2) is 9.70. The number of rotatable bonds is 7. The van der Waals surface area contributed by atoms with Crippen LogP contribution in [0.25, 0.3) is 11.0 Å². The maximum Gasteiger partial charge on any atom is 0.295 e. The van der Waals surface area contributed by atoms with Gasteiger partial charge in [0.15, 0.2) is 5.43 Å².